The van der Waals surface area contributed by atoms with Gasteiger partial charge in [0.1, 0.15) is 11.4 Å². The minimum atomic E-state index is 0.690. The topological polar surface area (TPSA) is 38.0 Å². The van der Waals surface area contributed by atoms with Crippen LogP contribution in [0.2, 0.25) is 5.02 Å². The Kier molecular flexibility index (Phi) is 2.56. The second-order valence-corrected chi connectivity index (χ2v) is 5.44. The van der Waals surface area contributed by atoms with Gasteiger partial charge in [-0.1, -0.05) is 16.6 Å². The van der Waals surface area contributed by atoms with Crippen molar-refractivity contribution in [2.75, 3.05) is 12.4 Å². The summed E-state index contributed by atoms with van der Waals surface area (Å²) in [4.78, 5) is 4.32. The van der Waals surface area contributed by atoms with Gasteiger partial charge in [0.05, 0.1) is 23.2 Å². The number of ether oxygens (including phenoxy) is 1. The van der Waals surface area contributed by atoms with Gasteiger partial charge in [-0.05, 0) is 31.2 Å². The summed E-state index contributed by atoms with van der Waals surface area (Å²) >= 11 is 6.37. The molecule has 5 heteroatoms. The van der Waals surface area contributed by atoms with Crippen molar-refractivity contribution in [1.29, 1.82) is 0 Å². The van der Waals surface area contributed by atoms with E-state index in [0.29, 0.717) is 5.02 Å². The molecule has 0 atom stereocenters. The molecule has 0 amide bonds. The maximum absolute atomic E-state index is 6.37. The zero-order chi connectivity index (χ0) is 14.6. The summed E-state index contributed by atoms with van der Waals surface area (Å²) in [5.74, 6) is 0.845. The molecule has 1 aliphatic heterocycles. The van der Waals surface area contributed by atoms with Crippen LogP contribution in [-0.4, -0.2) is 12.1 Å². The number of anilines is 2. The summed E-state index contributed by atoms with van der Waals surface area (Å²) in [6, 6.07) is 7.86. The van der Waals surface area contributed by atoms with Crippen LogP contribution in [0.5, 0.6) is 5.75 Å². The predicted molar refractivity (Wildman–Crippen MR) is 82.9 cm³/mol. The number of fused-ring (bicyclic) bond motifs is 2. The van der Waals surface area contributed by atoms with E-state index in [-0.39, 0.29) is 0 Å². The Bertz CT molecular complexity index is 892. The first-order valence-corrected chi connectivity index (χ1v) is 7.01. The lowest BCUT2D eigenvalue weighted by Gasteiger charge is -2.22. The van der Waals surface area contributed by atoms with Gasteiger partial charge in [0.25, 0.3) is 6.33 Å². The third-order valence-electron chi connectivity index (χ3n) is 3.92. The van der Waals surface area contributed by atoms with Crippen molar-refractivity contribution in [3.05, 3.63) is 47.4 Å². The Hall–Kier alpha value is -2.33. The van der Waals surface area contributed by atoms with Crippen molar-refractivity contribution in [1.82, 2.24) is 4.98 Å². The second-order valence-electron chi connectivity index (χ2n) is 5.04. The summed E-state index contributed by atoms with van der Waals surface area (Å²) in [7, 11) is 1.67. The molecule has 3 aromatic rings. The summed E-state index contributed by atoms with van der Waals surface area (Å²) in [6.07, 6.45) is 3.66. The number of nitrogens with one attached hydrogen (secondary N) is 1. The van der Waals surface area contributed by atoms with E-state index in [1.165, 1.54) is 0 Å². The largest absolute Gasteiger partial charge is 0.496 e. The standard InChI is InChI=1S/C16H13ClN3O/c1-9-13(21-2)6-5-12-14(9)19-15-11(17)4-3-10-7-18-8-20(12)16(10)15/h3-8,19H,1-2H3/q+1. The minimum absolute atomic E-state index is 0.690. The molecule has 0 aliphatic carbocycles. The Labute approximate surface area is 127 Å². The van der Waals surface area contributed by atoms with E-state index in [1.807, 2.05) is 43.7 Å². The van der Waals surface area contributed by atoms with Gasteiger partial charge in [0.15, 0.2) is 17.4 Å². The van der Waals surface area contributed by atoms with Crippen LogP contribution < -0.4 is 14.6 Å². The van der Waals surface area contributed by atoms with Crippen LogP contribution >= 0.6 is 11.6 Å². The molecule has 0 fully saturated rings. The normalized spacial score (nSPS) is 12.0. The van der Waals surface area contributed by atoms with Crippen molar-refractivity contribution in [3.8, 4) is 11.4 Å². The molecule has 4 nitrogen and oxygen atoms in total. The molecule has 1 aliphatic rings. The number of halogens is 1. The monoisotopic (exact) mass is 298 g/mol. The van der Waals surface area contributed by atoms with Crippen molar-refractivity contribution in [3.63, 3.8) is 0 Å². The second kappa shape index (κ2) is 4.33. The van der Waals surface area contributed by atoms with Gasteiger partial charge in [0, 0.05) is 5.56 Å². The number of nitrogens with zero attached hydrogens (tertiary/aromatic N) is 2. The fraction of sp³-hybridized carbons (Fsp3) is 0.125. The highest BCUT2D eigenvalue weighted by molar-refractivity contribution is 6.35. The van der Waals surface area contributed by atoms with E-state index in [4.69, 9.17) is 16.3 Å². The quantitative estimate of drug-likeness (QED) is 0.546. The maximum atomic E-state index is 6.37. The SMILES string of the molecule is COc1ccc2c(c1C)Nc1c(Cl)ccc3cnc[n+]-2c13. The number of hydrogen-bond acceptors (Lipinski definition) is 3. The number of aromatic nitrogens is 2. The van der Waals surface area contributed by atoms with Crippen molar-refractivity contribution in [2.45, 2.75) is 6.92 Å². The summed E-state index contributed by atoms with van der Waals surface area (Å²) < 4.78 is 7.47. The number of hydrogen-bond donors (Lipinski definition) is 1. The lowest BCUT2D eigenvalue weighted by atomic mass is 10.1. The molecular formula is C16H13ClN3O+. The fourth-order valence-corrected chi connectivity index (χ4v) is 3.07. The highest BCUT2D eigenvalue weighted by Crippen LogP contribution is 2.40. The van der Waals surface area contributed by atoms with Crippen LogP contribution in [0, 0.1) is 6.92 Å². The first-order valence-electron chi connectivity index (χ1n) is 6.63. The van der Waals surface area contributed by atoms with Crippen molar-refractivity contribution in [2.24, 2.45) is 0 Å². The van der Waals surface area contributed by atoms with E-state index in [2.05, 4.69) is 14.9 Å². The summed E-state index contributed by atoms with van der Waals surface area (Å²) in [5.41, 5.74) is 5.02. The first-order chi connectivity index (χ1) is 10.2. The molecule has 21 heavy (non-hydrogen) atoms. The van der Waals surface area contributed by atoms with Gasteiger partial charge in [-0.25, -0.2) is 0 Å². The highest BCUT2D eigenvalue weighted by Gasteiger charge is 2.26. The van der Waals surface area contributed by atoms with Crippen molar-refractivity contribution >= 4 is 33.9 Å². The first kappa shape index (κ1) is 12.4. The van der Waals surface area contributed by atoms with Crippen LogP contribution in [0.1, 0.15) is 5.56 Å². The van der Waals surface area contributed by atoms with Gasteiger partial charge in [0.2, 0.25) is 0 Å². The van der Waals surface area contributed by atoms with Gasteiger partial charge >= 0.3 is 0 Å². The average molecular weight is 299 g/mol. The number of rotatable bonds is 1. The molecule has 1 aromatic heterocycles. The van der Waals surface area contributed by atoms with Gasteiger partial charge in [-0.15, -0.1) is 0 Å². The van der Waals surface area contributed by atoms with Crippen LogP contribution in [0.25, 0.3) is 16.6 Å². The summed E-state index contributed by atoms with van der Waals surface area (Å²) in [5, 5.41) is 5.19. The number of benzene rings is 2. The van der Waals surface area contributed by atoms with Crippen LogP contribution in [0.3, 0.4) is 0 Å². The molecule has 104 valence electrons. The molecule has 0 spiro atoms. The molecule has 0 saturated heterocycles. The molecule has 2 heterocycles. The molecule has 0 bridgehead atoms. The van der Waals surface area contributed by atoms with E-state index in [0.717, 1.165) is 39.3 Å². The molecule has 2 aromatic carbocycles. The zero-order valence-electron chi connectivity index (χ0n) is 11.6. The third-order valence-corrected chi connectivity index (χ3v) is 4.23. The lowest BCUT2D eigenvalue weighted by molar-refractivity contribution is -0.570. The van der Waals surface area contributed by atoms with Crippen LogP contribution in [0.4, 0.5) is 11.4 Å². The van der Waals surface area contributed by atoms with Crippen molar-refractivity contribution < 1.29 is 9.30 Å². The zero-order valence-corrected chi connectivity index (χ0v) is 12.4. The molecule has 0 radical (unpaired) electrons. The Morgan fingerprint density at radius 2 is 2.05 bits per heavy atom. The van der Waals surface area contributed by atoms with Gasteiger partial charge < -0.3 is 10.1 Å². The molecule has 4 rings (SSSR count). The molecule has 0 saturated carbocycles. The Morgan fingerprint density at radius 1 is 1.19 bits per heavy atom. The Morgan fingerprint density at radius 3 is 2.86 bits per heavy atom. The number of methoxy groups -OCH3 is 1. The van der Waals surface area contributed by atoms with E-state index in [1.54, 1.807) is 7.11 Å². The third kappa shape index (κ3) is 1.63. The van der Waals surface area contributed by atoms with Crippen LogP contribution in [-0.2, 0) is 0 Å². The van der Waals surface area contributed by atoms with Gasteiger partial charge in [-0.3, -0.25) is 0 Å². The predicted octanol–water partition coefficient (Wildman–Crippen LogP) is 3.54. The molecule has 0 unspecified atom stereocenters. The summed E-state index contributed by atoms with van der Waals surface area (Å²) in [6.45, 7) is 2.03. The smallest absolute Gasteiger partial charge is 0.291 e. The van der Waals surface area contributed by atoms with Crippen LogP contribution in [0.15, 0.2) is 36.8 Å². The fourth-order valence-electron chi connectivity index (χ4n) is 2.87. The minimum Gasteiger partial charge on any atom is -0.496 e. The van der Waals surface area contributed by atoms with Gasteiger partial charge in [-0.2, -0.15) is 4.57 Å². The van der Waals surface area contributed by atoms with E-state index >= 15 is 0 Å². The van der Waals surface area contributed by atoms with E-state index < -0.39 is 0 Å². The maximum Gasteiger partial charge on any atom is 0.291 e. The average Bonchev–Trinajstić information content (AvgIpc) is 2.51. The molecule has 1 N–H and O–H groups in total. The highest BCUT2D eigenvalue weighted by atomic mass is 35.5. The lowest BCUT2D eigenvalue weighted by Crippen LogP contribution is -2.36. The Balaban J connectivity index is 2.14. The van der Waals surface area contributed by atoms with E-state index in [9.17, 15) is 0 Å². The molecular weight excluding hydrogens is 286 g/mol.